The van der Waals surface area contributed by atoms with Gasteiger partial charge in [-0.1, -0.05) is 12.1 Å². The summed E-state index contributed by atoms with van der Waals surface area (Å²) in [5.41, 5.74) is 10.1. The second kappa shape index (κ2) is 5.96. The monoisotopic (exact) mass is 288 g/mol. The average Bonchev–Trinajstić information content (AvgIpc) is 2.40. The molecule has 4 nitrogen and oxygen atoms in total. The quantitative estimate of drug-likeness (QED) is 0.638. The molecule has 1 fully saturated rings. The van der Waals surface area contributed by atoms with Crippen LogP contribution in [-0.2, 0) is 0 Å². The molecule has 0 bridgehead atoms. The number of aliphatic imine (C=N–C) groups is 1. The first-order chi connectivity index (χ1) is 9.78. The van der Waals surface area contributed by atoms with Crippen LogP contribution in [0.15, 0.2) is 23.2 Å². The minimum Gasteiger partial charge on any atom is -0.370 e. The second-order valence-electron chi connectivity index (χ2n) is 6.83. The normalized spacial score (nSPS) is 17.3. The first-order valence-corrected chi connectivity index (χ1v) is 7.69. The lowest BCUT2D eigenvalue weighted by atomic mass is 10.1. The van der Waals surface area contributed by atoms with Gasteiger partial charge in [-0.25, -0.2) is 4.99 Å². The zero-order valence-electron chi connectivity index (χ0n) is 14.0. The van der Waals surface area contributed by atoms with Crippen molar-refractivity contribution in [3.05, 3.63) is 29.3 Å². The van der Waals surface area contributed by atoms with Gasteiger partial charge >= 0.3 is 0 Å². The van der Waals surface area contributed by atoms with Gasteiger partial charge in [0.05, 0.1) is 5.54 Å². The third-order valence-electron chi connectivity index (χ3n) is 3.97. The lowest BCUT2D eigenvalue weighted by molar-refractivity contribution is 0.375. The van der Waals surface area contributed by atoms with Gasteiger partial charge in [0, 0.05) is 31.9 Å². The highest BCUT2D eigenvalue weighted by molar-refractivity contribution is 5.79. The van der Waals surface area contributed by atoms with E-state index in [1.807, 2.05) is 0 Å². The maximum Gasteiger partial charge on any atom is 0.191 e. The van der Waals surface area contributed by atoms with Crippen molar-refractivity contribution in [2.45, 2.75) is 40.2 Å². The van der Waals surface area contributed by atoms with Crippen LogP contribution in [0.1, 0.15) is 31.9 Å². The van der Waals surface area contributed by atoms with E-state index in [1.54, 1.807) is 0 Å². The topological polar surface area (TPSA) is 44.9 Å². The molecule has 1 aromatic carbocycles. The molecule has 0 saturated carbocycles. The summed E-state index contributed by atoms with van der Waals surface area (Å²) in [7, 11) is 0. The minimum absolute atomic E-state index is 0.117. The van der Waals surface area contributed by atoms with Gasteiger partial charge in [0.25, 0.3) is 0 Å². The molecule has 21 heavy (non-hydrogen) atoms. The molecule has 1 aromatic rings. The number of hydrogen-bond donors (Lipinski definition) is 1. The number of piperazine rings is 1. The van der Waals surface area contributed by atoms with E-state index >= 15 is 0 Å². The molecule has 2 N–H and O–H groups in total. The van der Waals surface area contributed by atoms with Gasteiger partial charge in [0.1, 0.15) is 0 Å². The van der Waals surface area contributed by atoms with Gasteiger partial charge in [-0.3, -0.25) is 0 Å². The highest BCUT2D eigenvalue weighted by Gasteiger charge is 2.21. The lowest BCUT2D eigenvalue weighted by Gasteiger charge is -2.38. The van der Waals surface area contributed by atoms with Gasteiger partial charge in [-0.05, 0) is 51.8 Å². The Morgan fingerprint density at radius 2 is 1.71 bits per heavy atom. The molecule has 0 atom stereocenters. The summed E-state index contributed by atoms with van der Waals surface area (Å²) in [6.45, 7) is 14.4. The first-order valence-electron chi connectivity index (χ1n) is 7.69. The number of anilines is 1. The van der Waals surface area contributed by atoms with Gasteiger partial charge < -0.3 is 15.5 Å². The molecule has 0 amide bonds. The Kier molecular flexibility index (Phi) is 4.45. The standard InChI is InChI=1S/C17H28N4/c1-13-7-6-8-15(14(13)2)20-9-11-21(12-10-20)16(18)19-17(3,4)5/h6-8H,9-12H2,1-5H3,(H2,18,19). The fourth-order valence-electron chi connectivity index (χ4n) is 2.67. The van der Waals surface area contributed by atoms with E-state index in [0.717, 1.165) is 26.2 Å². The summed E-state index contributed by atoms with van der Waals surface area (Å²) in [5.74, 6) is 0.670. The lowest BCUT2D eigenvalue weighted by Crippen LogP contribution is -2.51. The van der Waals surface area contributed by atoms with Crippen molar-refractivity contribution in [1.29, 1.82) is 0 Å². The van der Waals surface area contributed by atoms with Crippen LogP contribution in [0.25, 0.3) is 0 Å². The molecule has 1 saturated heterocycles. The molecule has 116 valence electrons. The maximum atomic E-state index is 6.13. The molecule has 2 rings (SSSR count). The first kappa shape index (κ1) is 15.7. The highest BCUT2D eigenvalue weighted by atomic mass is 15.3. The molecular formula is C17H28N4. The Labute approximate surface area is 128 Å². The number of aryl methyl sites for hydroxylation is 1. The van der Waals surface area contributed by atoms with Crippen LogP contribution in [0, 0.1) is 13.8 Å². The predicted molar refractivity (Wildman–Crippen MR) is 91.1 cm³/mol. The molecule has 1 heterocycles. The summed E-state index contributed by atoms with van der Waals surface area (Å²) in [5, 5.41) is 0. The second-order valence-corrected chi connectivity index (χ2v) is 6.83. The van der Waals surface area contributed by atoms with Crippen LogP contribution in [0.3, 0.4) is 0 Å². The zero-order chi connectivity index (χ0) is 15.6. The third kappa shape index (κ3) is 3.90. The van der Waals surface area contributed by atoms with Gasteiger partial charge in [0.15, 0.2) is 5.96 Å². The van der Waals surface area contributed by atoms with Gasteiger partial charge in [-0.2, -0.15) is 0 Å². The summed E-state index contributed by atoms with van der Waals surface area (Å²) in [6, 6.07) is 6.52. The van der Waals surface area contributed by atoms with Gasteiger partial charge in [-0.15, -0.1) is 0 Å². The van der Waals surface area contributed by atoms with E-state index in [9.17, 15) is 0 Å². The molecule has 4 heteroatoms. The fraction of sp³-hybridized carbons (Fsp3) is 0.588. The van der Waals surface area contributed by atoms with Crippen molar-refractivity contribution >= 4 is 11.6 Å². The van der Waals surface area contributed by atoms with Crippen molar-refractivity contribution in [2.75, 3.05) is 31.1 Å². The average molecular weight is 288 g/mol. The van der Waals surface area contributed by atoms with Crippen molar-refractivity contribution in [1.82, 2.24) is 4.90 Å². The molecular weight excluding hydrogens is 260 g/mol. The minimum atomic E-state index is -0.117. The molecule has 0 radical (unpaired) electrons. The summed E-state index contributed by atoms with van der Waals surface area (Å²) in [6.07, 6.45) is 0. The third-order valence-corrected chi connectivity index (χ3v) is 3.97. The molecule has 0 spiro atoms. The summed E-state index contributed by atoms with van der Waals surface area (Å²) >= 11 is 0. The fourth-order valence-corrected chi connectivity index (χ4v) is 2.67. The maximum absolute atomic E-state index is 6.13. The van der Waals surface area contributed by atoms with Crippen LogP contribution in [0.5, 0.6) is 0 Å². The van der Waals surface area contributed by atoms with Crippen LogP contribution >= 0.6 is 0 Å². The van der Waals surface area contributed by atoms with E-state index in [2.05, 4.69) is 67.6 Å². The Hall–Kier alpha value is -1.71. The Morgan fingerprint density at radius 1 is 1.10 bits per heavy atom. The smallest absolute Gasteiger partial charge is 0.191 e. The van der Waals surface area contributed by atoms with Crippen LogP contribution < -0.4 is 10.6 Å². The van der Waals surface area contributed by atoms with E-state index in [0.29, 0.717) is 5.96 Å². The molecule has 1 aliphatic heterocycles. The van der Waals surface area contributed by atoms with Crippen LogP contribution in [-0.4, -0.2) is 42.6 Å². The van der Waals surface area contributed by atoms with Crippen molar-refractivity contribution in [3.8, 4) is 0 Å². The van der Waals surface area contributed by atoms with E-state index < -0.39 is 0 Å². The number of hydrogen-bond acceptors (Lipinski definition) is 2. The van der Waals surface area contributed by atoms with Crippen LogP contribution in [0.2, 0.25) is 0 Å². The zero-order valence-corrected chi connectivity index (χ0v) is 14.0. The molecule has 0 unspecified atom stereocenters. The Morgan fingerprint density at radius 3 is 2.29 bits per heavy atom. The summed E-state index contributed by atoms with van der Waals surface area (Å²) < 4.78 is 0. The van der Waals surface area contributed by atoms with E-state index in [-0.39, 0.29) is 5.54 Å². The van der Waals surface area contributed by atoms with Crippen molar-refractivity contribution in [3.63, 3.8) is 0 Å². The molecule has 0 aliphatic carbocycles. The highest BCUT2D eigenvalue weighted by Crippen LogP contribution is 2.23. The summed E-state index contributed by atoms with van der Waals surface area (Å²) in [4.78, 5) is 9.20. The van der Waals surface area contributed by atoms with E-state index in [1.165, 1.54) is 16.8 Å². The Bertz CT molecular complexity index is 520. The number of benzene rings is 1. The van der Waals surface area contributed by atoms with Gasteiger partial charge in [0.2, 0.25) is 0 Å². The number of rotatable bonds is 1. The SMILES string of the molecule is Cc1cccc(N2CCN(C(N)=NC(C)(C)C)CC2)c1C. The Balaban J connectivity index is 2.04. The number of nitrogens with zero attached hydrogens (tertiary/aromatic N) is 3. The predicted octanol–water partition coefficient (Wildman–Crippen LogP) is 2.54. The van der Waals surface area contributed by atoms with Crippen molar-refractivity contribution < 1.29 is 0 Å². The molecule has 0 aromatic heterocycles. The number of guanidine groups is 1. The number of nitrogens with two attached hydrogens (primary N) is 1. The van der Waals surface area contributed by atoms with Crippen molar-refractivity contribution in [2.24, 2.45) is 10.7 Å². The molecule has 1 aliphatic rings. The van der Waals surface area contributed by atoms with E-state index in [4.69, 9.17) is 5.73 Å². The van der Waals surface area contributed by atoms with Crippen LogP contribution in [0.4, 0.5) is 5.69 Å². The largest absolute Gasteiger partial charge is 0.370 e.